The van der Waals surface area contributed by atoms with Crippen LogP contribution in [0.4, 0.5) is 15.8 Å². The summed E-state index contributed by atoms with van der Waals surface area (Å²) in [6, 6.07) is 13.0. The lowest BCUT2D eigenvalue weighted by molar-refractivity contribution is 0.0696. The number of sulfonamides is 2. The average molecular weight is 480 g/mol. The van der Waals surface area contributed by atoms with E-state index < -0.39 is 36.7 Å². The van der Waals surface area contributed by atoms with Crippen LogP contribution in [-0.4, -0.2) is 35.0 Å². The highest BCUT2D eigenvalue weighted by atomic mass is 32.2. The largest absolute Gasteiger partial charge is 0.495 e. The Morgan fingerprint density at radius 1 is 0.875 bits per heavy atom. The number of rotatable bonds is 8. The summed E-state index contributed by atoms with van der Waals surface area (Å²) in [6.45, 7) is 0. The molecule has 0 heterocycles. The normalized spacial score (nSPS) is 11.6. The van der Waals surface area contributed by atoms with Gasteiger partial charge in [0.2, 0.25) is 0 Å². The lowest BCUT2D eigenvalue weighted by Gasteiger charge is -2.16. The first-order chi connectivity index (χ1) is 15.0. The number of halogens is 1. The van der Waals surface area contributed by atoms with Gasteiger partial charge in [-0.2, -0.15) is 0 Å². The molecule has 0 atom stereocenters. The summed E-state index contributed by atoms with van der Waals surface area (Å²) in [6.07, 6.45) is 0. The molecule has 0 bridgehead atoms. The van der Waals surface area contributed by atoms with Gasteiger partial charge in [-0.05, 0) is 54.6 Å². The highest BCUT2D eigenvalue weighted by Crippen LogP contribution is 2.30. The van der Waals surface area contributed by atoms with E-state index in [9.17, 15) is 26.0 Å². The summed E-state index contributed by atoms with van der Waals surface area (Å²) in [5.74, 6) is -2.06. The Morgan fingerprint density at radius 2 is 1.44 bits per heavy atom. The quantitative estimate of drug-likeness (QED) is 0.450. The van der Waals surface area contributed by atoms with Crippen LogP contribution in [0.1, 0.15) is 10.4 Å². The van der Waals surface area contributed by atoms with Crippen LogP contribution < -0.4 is 14.2 Å². The van der Waals surface area contributed by atoms with Crippen LogP contribution in [0.5, 0.6) is 5.75 Å². The van der Waals surface area contributed by atoms with Gasteiger partial charge in [-0.25, -0.2) is 26.0 Å². The topological polar surface area (TPSA) is 139 Å². The number of nitrogens with one attached hydrogen (secondary N) is 2. The summed E-state index contributed by atoms with van der Waals surface area (Å²) >= 11 is 0. The Hall–Kier alpha value is -3.64. The summed E-state index contributed by atoms with van der Waals surface area (Å²) in [5, 5.41) is 9.17. The van der Waals surface area contributed by atoms with Gasteiger partial charge in [-0.1, -0.05) is 12.1 Å². The highest BCUT2D eigenvalue weighted by molar-refractivity contribution is 7.93. The van der Waals surface area contributed by atoms with Crippen molar-refractivity contribution < 1.29 is 35.9 Å². The van der Waals surface area contributed by atoms with Crippen molar-refractivity contribution in [2.24, 2.45) is 0 Å². The molecule has 0 radical (unpaired) electrons. The van der Waals surface area contributed by atoms with Crippen LogP contribution in [0.25, 0.3) is 0 Å². The van der Waals surface area contributed by atoms with Gasteiger partial charge in [0.1, 0.15) is 16.5 Å². The number of methoxy groups -OCH3 is 1. The molecular weight excluding hydrogens is 463 g/mol. The lowest BCUT2D eigenvalue weighted by atomic mass is 10.2. The molecule has 168 valence electrons. The molecule has 0 saturated heterocycles. The number of carboxylic acids is 1. The molecule has 0 aliphatic rings. The van der Waals surface area contributed by atoms with E-state index in [0.29, 0.717) is 0 Å². The van der Waals surface area contributed by atoms with Crippen molar-refractivity contribution in [2.45, 2.75) is 9.79 Å². The molecule has 0 aromatic heterocycles. The summed E-state index contributed by atoms with van der Waals surface area (Å²) in [5.41, 5.74) is -0.508. The smallest absolute Gasteiger partial charge is 0.335 e. The molecule has 12 heteroatoms. The minimum Gasteiger partial charge on any atom is -0.495 e. The lowest BCUT2D eigenvalue weighted by Crippen LogP contribution is -2.18. The molecule has 0 saturated carbocycles. The first-order valence-electron chi connectivity index (χ1n) is 8.85. The molecule has 3 rings (SSSR count). The predicted molar refractivity (Wildman–Crippen MR) is 114 cm³/mol. The maximum atomic E-state index is 13.1. The molecule has 9 nitrogen and oxygen atoms in total. The molecule has 0 fully saturated rings. The molecule has 3 aromatic carbocycles. The minimum atomic E-state index is -4.38. The number of hydrogen-bond acceptors (Lipinski definition) is 6. The molecule has 0 spiro atoms. The van der Waals surface area contributed by atoms with Gasteiger partial charge in [0, 0.05) is 0 Å². The van der Waals surface area contributed by atoms with Crippen molar-refractivity contribution in [1.29, 1.82) is 0 Å². The van der Waals surface area contributed by atoms with Crippen molar-refractivity contribution >= 4 is 37.4 Å². The molecule has 0 aliphatic heterocycles. The molecule has 0 aliphatic carbocycles. The van der Waals surface area contributed by atoms with E-state index in [2.05, 4.69) is 9.44 Å². The van der Waals surface area contributed by atoms with Crippen molar-refractivity contribution in [3.63, 3.8) is 0 Å². The van der Waals surface area contributed by atoms with Crippen LogP contribution in [0, 0.1) is 5.82 Å². The number of carboxylic acid groups (broad SMARTS) is 1. The van der Waals surface area contributed by atoms with Gasteiger partial charge >= 0.3 is 5.97 Å². The van der Waals surface area contributed by atoms with Crippen LogP contribution >= 0.6 is 0 Å². The van der Waals surface area contributed by atoms with Gasteiger partial charge < -0.3 is 9.84 Å². The molecule has 3 aromatic rings. The third-order valence-electron chi connectivity index (χ3n) is 4.24. The number of benzene rings is 3. The standard InChI is InChI=1S/C20H17FN2O7S2/c1-30-18-11-6-13(20(24)25)12-19(18)32(28,29)23-17-5-3-2-4-16(17)22-31(26,27)15-9-7-14(21)8-10-15/h2-12,22-23H,1H3,(H,24,25). The first kappa shape index (κ1) is 23.0. The maximum Gasteiger partial charge on any atom is 0.335 e. The Kier molecular flexibility index (Phi) is 6.37. The average Bonchev–Trinajstić information content (AvgIpc) is 2.74. The zero-order valence-corrected chi connectivity index (χ0v) is 18.1. The number of hydrogen-bond donors (Lipinski definition) is 3. The van der Waals surface area contributed by atoms with E-state index in [0.717, 1.165) is 30.3 Å². The second-order valence-corrected chi connectivity index (χ2v) is 9.71. The van der Waals surface area contributed by atoms with E-state index in [1.165, 1.54) is 43.5 Å². The van der Waals surface area contributed by atoms with Crippen LogP contribution in [0.15, 0.2) is 76.5 Å². The van der Waals surface area contributed by atoms with E-state index in [-0.39, 0.29) is 27.6 Å². The molecule has 0 unspecified atom stereocenters. The number of carbonyl (C=O) groups is 1. The predicted octanol–water partition coefficient (Wildman–Crippen LogP) is 3.13. The number of aromatic carboxylic acids is 1. The Bertz CT molecular complexity index is 1370. The third kappa shape index (κ3) is 4.98. The second kappa shape index (κ2) is 8.85. The molecule has 0 amide bonds. The molecule has 32 heavy (non-hydrogen) atoms. The van der Waals surface area contributed by atoms with E-state index in [1.54, 1.807) is 0 Å². The van der Waals surface area contributed by atoms with Crippen LogP contribution in [-0.2, 0) is 20.0 Å². The highest BCUT2D eigenvalue weighted by Gasteiger charge is 2.24. The van der Waals surface area contributed by atoms with Gasteiger partial charge in [0.25, 0.3) is 20.0 Å². The number of para-hydroxylation sites is 2. The summed E-state index contributed by atoms with van der Waals surface area (Å²) in [7, 11) is -7.32. The van der Waals surface area contributed by atoms with Crippen molar-refractivity contribution in [2.75, 3.05) is 16.6 Å². The fourth-order valence-electron chi connectivity index (χ4n) is 2.70. The SMILES string of the molecule is COc1ccc(C(=O)O)cc1S(=O)(=O)Nc1ccccc1NS(=O)(=O)c1ccc(F)cc1. The van der Waals surface area contributed by atoms with Gasteiger partial charge in [-0.15, -0.1) is 0 Å². The zero-order chi connectivity index (χ0) is 23.5. The molecular formula is C20H17FN2O7S2. The van der Waals surface area contributed by atoms with Crippen molar-refractivity contribution in [3.05, 3.63) is 78.1 Å². The van der Waals surface area contributed by atoms with Gasteiger partial charge in [-0.3, -0.25) is 9.44 Å². The zero-order valence-electron chi connectivity index (χ0n) is 16.4. The van der Waals surface area contributed by atoms with Gasteiger partial charge in [0.05, 0.1) is 28.9 Å². The fraction of sp³-hybridized carbons (Fsp3) is 0.0500. The van der Waals surface area contributed by atoms with Crippen molar-refractivity contribution in [3.8, 4) is 5.75 Å². The number of anilines is 2. The van der Waals surface area contributed by atoms with Crippen LogP contribution in [0.2, 0.25) is 0 Å². The first-order valence-corrected chi connectivity index (χ1v) is 11.8. The van der Waals surface area contributed by atoms with E-state index in [1.807, 2.05) is 0 Å². The maximum absolute atomic E-state index is 13.1. The Balaban J connectivity index is 1.98. The third-order valence-corrected chi connectivity index (χ3v) is 7.01. The summed E-state index contributed by atoms with van der Waals surface area (Å²) < 4.78 is 73.8. The Labute approximate surface area is 183 Å². The molecule has 3 N–H and O–H groups in total. The van der Waals surface area contributed by atoms with Crippen molar-refractivity contribution in [1.82, 2.24) is 0 Å². The minimum absolute atomic E-state index is 0.103. The van der Waals surface area contributed by atoms with E-state index in [4.69, 9.17) is 9.84 Å². The second-order valence-electron chi connectivity index (χ2n) is 6.38. The number of ether oxygens (including phenoxy) is 1. The summed E-state index contributed by atoms with van der Waals surface area (Å²) in [4.78, 5) is 10.6. The fourth-order valence-corrected chi connectivity index (χ4v) is 5.05. The monoisotopic (exact) mass is 480 g/mol. The van der Waals surface area contributed by atoms with Gasteiger partial charge in [0.15, 0.2) is 0 Å². The van der Waals surface area contributed by atoms with Crippen LogP contribution in [0.3, 0.4) is 0 Å². The Morgan fingerprint density at radius 3 is 1.97 bits per heavy atom. The van der Waals surface area contributed by atoms with E-state index >= 15 is 0 Å².